The molecule has 1 aromatic heterocycles. The largest absolute Gasteiger partial charge is 0.490 e. The highest BCUT2D eigenvalue weighted by atomic mass is 16.5. The summed E-state index contributed by atoms with van der Waals surface area (Å²) in [5.41, 5.74) is 3.54. The lowest BCUT2D eigenvalue weighted by atomic mass is 10.1. The highest BCUT2D eigenvalue weighted by Crippen LogP contribution is 2.36. The van der Waals surface area contributed by atoms with Gasteiger partial charge in [0.15, 0.2) is 11.6 Å². The topological polar surface area (TPSA) is 50.3 Å². The zero-order valence-corrected chi connectivity index (χ0v) is 13.3. The molecular formula is C16H22N4O. The van der Waals surface area contributed by atoms with Crippen LogP contribution in [0.1, 0.15) is 18.1 Å². The van der Waals surface area contributed by atoms with Crippen molar-refractivity contribution in [1.29, 1.82) is 0 Å². The number of anilines is 3. The van der Waals surface area contributed by atoms with Crippen molar-refractivity contribution in [3.8, 4) is 5.75 Å². The van der Waals surface area contributed by atoms with E-state index < -0.39 is 0 Å². The fourth-order valence-electron chi connectivity index (χ4n) is 2.38. The summed E-state index contributed by atoms with van der Waals surface area (Å²) < 4.78 is 5.51. The SMILES string of the molecule is CCNc1ncnc(N(C)c2ccc(C)cc2C)c1OC. The molecule has 0 aliphatic rings. The average molecular weight is 286 g/mol. The summed E-state index contributed by atoms with van der Waals surface area (Å²) in [4.78, 5) is 10.6. The first-order valence-electron chi connectivity index (χ1n) is 7.02. The second kappa shape index (κ2) is 6.43. The molecule has 112 valence electrons. The van der Waals surface area contributed by atoms with Crippen molar-refractivity contribution < 1.29 is 4.74 Å². The normalized spacial score (nSPS) is 10.3. The van der Waals surface area contributed by atoms with Crippen molar-refractivity contribution in [2.45, 2.75) is 20.8 Å². The van der Waals surface area contributed by atoms with Gasteiger partial charge in [-0.2, -0.15) is 0 Å². The van der Waals surface area contributed by atoms with Gasteiger partial charge in [0.2, 0.25) is 5.75 Å². The number of nitrogens with zero attached hydrogens (tertiary/aromatic N) is 3. The molecule has 0 unspecified atom stereocenters. The maximum Gasteiger partial charge on any atom is 0.204 e. The van der Waals surface area contributed by atoms with Crippen LogP contribution >= 0.6 is 0 Å². The molecule has 0 aliphatic carbocycles. The molecule has 0 saturated carbocycles. The van der Waals surface area contributed by atoms with E-state index in [1.54, 1.807) is 13.4 Å². The van der Waals surface area contributed by atoms with Crippen LogP contribution in [0.25, 0.3) is 0 Å². The lowest BCUT2D eigenvalue weighted by Crippen LogP contribution is -2.15. The van der Waals surface area contributed by atoms with Gasteiger partial charge in [0.05, 0.1) is 7.11 Å². The summed E-state index contributed by atoms with van der Waals surface area (Å²) in [6, 6.07) is 6.35. The number of aryl methyl sites for hydroxylation is 2. The van der Waals surface area contributed by atoms with E-state index in [0.29, 0.717) is 11.6 Å². The van der Waals surface area contributed by atoms with E-state index >= 15 is 0 Å². The van der Waals surface area contributed by atoms with Crippen molar-refractivity contribution in [2.24, 2.45) is 0 Å². The van der Waals surface area contributed by atoms with E-state index in [9.17, 15) is 0 Å². The van der Waals surface area contributed by atoms with Crippen LogP contribution in [0.2, 0.25) is 0 Å². The first kappa shape index (κ1) is 15.1. The molecule has 2 aromatic rings. The number of aromatic nitrogens is 2. The minimum atomic E-state index is 0.654. The van der Waals surface area contributed by atoms with Gasteiger partial charge in [0.25, 0.3) is 0 Å². The number of hydrogen-bond donors (Lipinski definition) is 1. The Morgan fingerprint density at radius 3 is 2.62 bits per heavy atom. The first-order valence-corrected chi connectivity index (χ1v) is 7.02. The van der Waals surface area contributed by atoms with E-state index in [4.69, 9.17) is 4.74 Å². The first-order chi connectivity index (χ1) is 10.1. The van der Waals surface area contributed by atoms with Crippen molar-refractivity contribution >= 4 is 17.3 Å². The average Bonchev–Trinajstić information content (AvgIpc) is 2.46. The molecule has 1 heterocycles. The van der Waals surface area contributed by atoms with Crippen molar-refractivity contribution in [2.75, 3.05) is 30.9 Å². The van der Waals surface area contributed by atoms with Gasteiger partial charge in [-0.3, -0.25) is 0 Å². The standard InChI is InChI=1S/C16H22N4O/c1-6-17-15-14(21-5)16(19-10-18-15)20(4)13-8-7-11(2)9-12(13)3/h7-10H,6H2,1-5H3,(H,17,18,19). The summed E-state index contributed by atoms with van der Waals surface area (Å²) in [7, 11) is 3.62. The molecule has 5 nitrogen and oxygen atoms in total. The van der Waals surface area contributed by atoms with Gasteiger partial charge < -0.3 is 15.0 Å². The van der Waals surface area contributed by atoms with Crippen LogP contribution in [-0.2, 0) is 0 Å². The van der Waals surface area contributed by atoms with Crippen LogP contribution in [0, 0.1) is 13.8 Å². The number of benzene rings is 1. The second-order valence-corrected chi connectivity index (χ2v) is 4.96. The van der Waals surface area contributed by atoms with Crippen LogP contribution in [0.4, 0.5) is 17.3 Å². The number of nitrogens with one attached hydrogen (secondary N) is 1. The van der Waals surface area contributed by atoms with Crippen molar-refractivity contribution in [3.05, 3.63) is 35.7 Å². The molecule has 0 aliphatic heterocycles. The minimum Gasteiger partial charge on any atom is -0.490 e. The number of rotatable bonds is 5. The van der Waals surface area contributed by atoms with E-state index in [1.807, 2.05) is 18.9 Å². The Morgan fingerprint density at radius 1 is 1.24 bits per heavy atom. The summed E-state index contributed by atoms with van der Waals surface area (Å²) >= 11 is 0. The van der Waals surface area contributed by atoms with Gasteiger partial charge in [-0.05, 0) is 32.4 Å². The zero-order chi connectivity index (χ0) is 15.4. The molecule has 0 saturated heterocycles. The third-order valence-electron chi connectivity index (χ3n) is 3.36. The highest BCUT2D eigenvalue weighted by molar-refractivity contribution is 5.72. The monoisotopic (exact) mass is 286 g/mol. The molecule has 2 rings (SSSR count). The predicted octanol–water partition coefficient (Wildman–Crippen LogP) is 3.30. The number of ether oxygens (including phenoxy) is 1. The Balaban J connectivity index is 2.47. The summed E-state index contributed by atoms with van der Waals surface area (Å²) in [5, 5.41) is 3.19. The smallest absolute Gasteiger partial charge is 0.204 e. The Bertz CT molecular complexity index is 628. The third-order valence-corrected chi connectivity index (χ3v) is 3.36. The Labute approximate surface area is 126 Å². The molecule has 21 heavy (non-hydrogen) atoms. The highest BCUT2D eigenvalue weighted by Gasteiger charge is 2.17. The van der Waals surface area contributed by atoms with Gasteiger partial charge >= 0.3 is 0 Å². The van der Waals surface area contributed by atoms with E-state index in [0.717, 1.165) is 18.1 Å². The molecule has 0 bridgehead atoms. The fourth-order valence-corrected chi connectivity index (χ4v) is 2.38. The summed E-state index contributed by atoms with van der Waals surface area (Å²) in [6.45, 7) is 6.98. The van der Waals surface area contributed by atoms with Gasteiger partial charge in [-0.25, -0.2) is 9.97 Å². The van der Waals surface area contributed by atoms with Gasteiger partial charge in [-0.15, -0.1) is 0 Å². The maximum absolute atomic E-state index is 5.51. The lowest BCUT2D eigenvalue weighted by Gasteiger charge is -2.23. The molecule has 0 amide bonds. The molecule has 0 spiro atoms. The Kier molecular flexibility index (Phi) is 4.62. The van der Waals surface area contributed by atoms with Crippen LogP contribution < -0.4 is 15.0 Å². The molecule has 1 aromatic carbocycles. The van der Waals surface area contributed by atoms with Crippen molar-refractivity contribution in [3.63, 3.8) is 0 Å². The maximum atomic E-state index is 5.51. The Morgan fingerprint density at radius 2 is 2.00 bits per heavy atom. The third kappa shape index (κ3) is 3.07. The molecule has 5 heteroatoms. The molecule has 0 atom stereocenters. The lowest BCUT2D eigenvalue weighted by molar-refractivity contribution is 0.414. The van der Waals surface area contributed by atoms with Crippen molar-refractivity contribution in [1.82, 2.24) is 9.97 Å². The van der Waals surface area contributed by atoms with Crippen LogP contribution in [0.15, 0.2) is 24.5 Å². The van der Waals surface area contributed by atoms with E-state index in [2.05, 4.69) is 47.3 Å². The van der Waals surface area contributed by atoms with Gasteiger partial charge in [0, 0.05) is 19.3 Å². The van der Waals surface area contributed by atoms with Crippen LogP contribution in [-0.4, -0.2) is 30.7 Å². The Hall–Kier alpha value is -2.30. The molecular weight excluding hydrogens is 264 g/mol. The minimum absolute atomic E-state index is 0.654. The second-order valence-electron chi connectivity index (χ2n) is 4.96. The summed E-state index contributed by atoms with van der Waals surface area (Å²) in [6.07, 6.45) is 1.55. The molecule has 0 radical (unpaired) electrons. The predicted molar refractivity (Wildman–Crippen MR) is 86.7 cm³/mol. The number of methoxy groups -OCH3 is 1. The van der Waals surface area contributed by atoms with E-state index in [1.165, 1.54) is 11.1 Å². The number of hydrogen-bond acceptors (Lipinski definition) is 5. The van der Waals surface area contributed by atoms with Crippen LogP contribution in [0.3, 0.4) is 0 Å². The van der Waals surface area contributed by atoms with E-state index in [-0.39, 0.29) is 0 Å². The molecule has 0 fully saturated rings. The zero-order valence-electron chi connectivity index (χ0n) is 13.3. The fraction of sp³-hybridized carbons (Fsp3) is 0.375. The summed E-state index contributed by atoms with van der Waals surface area (Å²) in [5.74, 6) is 2.11. The molecule has 1 N–H and O–H groups in total. The van der Waals surface area contributed by atoms with Gasteiger partial charge in [-0.1, -0.05) is 17.7 Å². The van der Waals surface area contributed by atoms with Crippen LogP contribution in [0.5, 0.6) is 5.75 Å². The van der Waals surface area contributed by atoms with Gasteiger partial charge in [0.1, 0.15) is 6.33 Å². The quantitative estimate of drug-likeness (QED) is 0.914.